The minimum atomic E-state index is -0.746. The molecule has 0 aliphatic carbocycles. The molecule has 41 heavy (non-hydrogen) atoms. The monoisotopic (exact) mass is 565 g/mol. The summed E-state index contributed by atoms with van der Waals surface area (Å²) in [7, 11) is 0. The number of halogens is 1. The van der Waals surface area contributed by atoms with Gasteiger partial charge < -0.3 is 19.3 Å². The number of hydrogen-bond acceptors (Lipinski definition) is 8. The molecule has 0 radical (unpaired) electrons. The molecule has 11 heteroatoms. The maximum Gasteiger partial charge on any atom is 0.412 e. The van der Waals surface area contributed by atoms with Gasteiger partial charge in [0.2, 0.25) is 0 Å². The summed E-state index contributed by atoms with van der Waals surface area (Å²) >= 11 is 0. The predicted octanol–water partition coefficient (Wildman–Crippen LogP) is 5.60. The van der Waals surface area contributed by atoms with Crippen molar-refractivity contribution in [3.8, 4) is 0 Å². The SMILES string of the molecule is CC(C)(C)OC(=O)Nc1cc(F)ccc1CC(=O)c1cnc2cc(N3CCN(C(=O)OC(C)(C)C)CC3)ccc2n1. The first-order chi connectivity index (χ1) is 19.2. The van der Waals surface area contributed by atoms with Crippen LogP contribution in [0.25, 0.3) is 11.0 Å². The Balaban J connectivity index is 1.43. The highest BCUT2D eigenvalue weighted by molar-refractivity contribution is 5.98. The van der Waals surface area contributed by atoms with Gasteiger partial charge in [-0.25, -0.2) is 19.0 Å². The van der Waals surface area contributed by atoms with Gasteiger partial charge >= 0.3 is 12.2 Å². The number of carbonyl (C=O) groups excluding carboxylic acids is 3. The summed E-state index contributed by atoms with van der Waals surface area (Å²) in [5, 5.41) is 2.53. The standard InChI is InChI=1S/C30H36FN5O5/c1-29(2,3)40-27(38)34-23-16-20(31)8-7-19(23)15-26(37)25-18-32-24-17-21(9-10-22(24)33-25)35-11-13-36(14-12-35)28(39)41-30(4,5)6/h7-10,16-18H,11-15H2,1-6H3,(H,34,38). The number of ketones is 1. The van der Waals surface area contributed by atoms with Crippen LogP contribution in [-0.2, 0) is 15.9 Å². The van der Waals surface area contributed by atoms with Gasteiger partial charge in [-0.1, -0.05) is 6.07 Å². The smallest absolute Gasteiger partial charge is 0.412 e. The maximum absolute atomic E-state index is 13.9. The Kier molecular flexibility index (Phi) is 8.46. The number of nitrogens with one attached hydrogen (secondary N) is 1. The molecule has 1 aromatic heterocycles. The summed E-state index contributed by atoms with van der Waals surface area (Å²) in [5.41, 5.74) is 1.58. The van der Waals surface area contributed by atoms with Gasteiger partial charge in [0.15, 0.2) is 5.78 Å². The summed E-state index contributed by atoms with van der Waals surface area (Å²) in [6, 6.07) is 9.45. The first-order valence-corrected chi connectivity index (χ1v) is 13.5. The van der Waals surface area contributed by atoms with Crippen molar-refractivity contribution in [1.82, 2.24) is 14.9 Å². The molecule has 2 aromatic carbocycles. The number of ether oxygens (including phenoxy) is 2. The number of benzene rings is 2. The zero-order chi connectivity index (χ0) is 29.9. The number of anilines is 2. The summed E-state index contributed by atoms with van der Waals surface area (Å²) in [6.45, 7) is 13.1. The largest absolute Gasteiger partial charge is 0.444 e. The highest BCUT2D eigenvalue weighted by atomic mass is 19.1. The van der Waals surface area contributed by atoms with Gasteiger partial charge in [0, 0.05) is 38.3 Å². The normalized spacial score (nSPS) is 14.1. The molecule has 1 saturated heterocycles. The first-order valence-electron chi connectivity index (χ1n) is 13.5. The van der Waals surface area contributed by atoms with Crippen LogP contribution in [0.5, 0.6) is 0 Å². The number of fused-ring (bicyclic) bond motifs is 1. The van der Waals surface area contributed by atoms with Crippen molar-refractivity contribution < 1.29 is 28.2 Å². The number of hydrogen-bond donors (Lipinski definition) is 1. The minimum Gasteiger partial charge on any atom is -0.444 e. The van der Waals surface area contributed by atoms with Crippen LogP contribution < -0.4 is 10.2 Å². The summed E-state index contributed by atoms with van der Waals surface area (Å²) in [6.07, 6.45) is 0.238. The lowest BCUT2D eigenvalue weighted by atomic mass is 10.0. The van der Waals surface area contributed by atoms with E-state index in [-0.39, 0.29) is 29.7 Å². The van der Waals surface area contributed by atoms with E-state index in [0.29, 0.717) is 42.8 Å². The summed E-state index contributed by atoms with van der Waals surface area (Å²) in [4.78, 5) is 50.5. The van der Waals surface area contributed by atoms with Crippen LogP contribution in [0, 0.1) is 5.82 Å². The van der Waals surface area contributed by atoms with Crippen molar-refractivity contribution in [3.63, 3.8) is 0 Å². The van der Waals surface area contributed by atoms with Crippen molar-refractivity contribution >= 4 is 40.4 Å². The fourth-order valence-electron chi connectivity index (χ4n) is 4.30. The lowest BCUT2D eigenvalue weighted by Crippen LogP contribution is -2.50. The van der Waals surface area contributed by atoms with Gasteiger partial charge in [-0.05, 0) is 77.4 Å². The number of nitrogens with zero attached hydrogens (tertiary/aromatic N) is 4. The Morgan fingerprint density at radius 3 is 2.24 bits per heavy atom. The summed E-state index contributed by atoms with van der Waals surface area (Å²) in [5.74, 6) is -0.889. The van der Waals surface area contributed by atoms with E-state index in [0.717, 1.165) is 11.8 Å². The number of rotatable bonds is 5. The van der Waals surface area contributed by atoms with Crippen molar-refractivity contribution in [2.75, 3.05) is 36.4 Å². The van der Waals surface area contributed by atoms with Gasteiger partial charge in [-0.15, -0.1) is 0 Å². The van der Waals surface area contributed by atoms with E-state index < -0.39 is 23.1 Å². The lowest BCUT2D eigenvalue weighted by molar-refractivity contribution is 0.0240. The van der Waals surface area contributed by atoms with E-state index in [2.05, 4.69) is 20.2 Å². The molecule has 0 bridgehead atoms. The Morgan fingerprint density at radius 2 is 1.59 bits per heavy atom. The average Bonchev–Trinajstić information content (AvgIpc) is 2.87. The molecule has 2 amide bonds. The van der Waals surface area contributed by atoms with Gasteiger partial charge in [-0.2, -0.15) is 0 Å². The predicted molar refractivity (Wildman–Crippen MR) is 154 cm³/mol. The van der Waals surface area contributed by atoms with Crippen molar-refractivity contribution in [2.24, 2.45) is 0 Å². The quantitative estimate of drug-likeness (QED) is 0.398. The third-order valence-electron chi connectivity index (χ3n) is 6.17. The van der Waals surface area contributed by atoms with E-state index in [1.54, 1.807) is 25.7 Å². The Hall–Kier alpha value is -4.28. The molecule has 0 spiro atoms. The van der Waals surface area contributed by atoms with Crippen molar-refractivity contribution in [3.05, 3.63) is 59.7 Å². The van der Waals surface area contributed by atoms with Crippen LogP contribution in [0.2, 0.25) is 0 Å². The average molecular weight is 566 g/mol. The third-order valence-corrected chi connectivity index (χ3v) is 6.17. The molecule has 0 atom stereocenters. The highest BCUT2D eigenvalue weighted by Gasteiger charge is 2.26. The molecular weight excluding hydrogens is 529 g/mol. The lowest BCUT2D eigenvalue weighted by Gasteiger charge is -2.36. The van der Waals surface area contributed by atoms with Crippen LogP contribution in [0.15, 0.2) is 42.6 Å². The number of amides is 2. The molecule has 1 aliphatic heterocycles. The Labute approximate surface area is 238 Å². The van der Waals surface area contributed by atoms with Crippen LogP contribution in [0.4, 0.5) is 25.4 Å². The van der Waals surface area contributed by atoms with E-state index in [1.165, 1.54) is 18.3 Å². The van der Waals surface area contributed by atoms with Gasteiger partial charge in [0.25, 0.3) is 0 Å². The van der Waals surface area contributed by atoms with E-state index >= 15 is 0 Å². The molecule has 4 rings (SSSR count). The van der Waals surface area contributed by atoms with Crippen LogP contribution in [0.1, 0.15) is 57.6 Å². The topological polar surface area (TPSA) is 114 Å². The Morgan fingerprint density at radius 1 is 0.902 bits per heavy atom. The van der Waals surface area contributed by atoms with Gasteiger partial charge in [0.1, 0.15) is 22.7 Å². The molecule has 10 nitrogen and oxygen atoms in total. The van der Waals surface area contributed by atoms with Crippen LogP contribution in [0.3, 0.4) is 0 Å². The minimum absolute atomic E-state index is 0.119. The van der Waals surface area contributed by atoms with Crippen LogP contribution >= 0.6 is 0 Å². The number of Topliss-reactive ketones (excluding diaryl/α,β-unsaturated/α-hetero) is 1. The van der Waals surface area contributed by atoms with E-state index in [4.69, 9.17) is 9.47 Å². The molecule has 2 heterocycles. The molecule has 218 valence electrons. The highest BCUT2D eigenvalue weighted by Crippen LogP contribution is 2.24. The second-order valence-corrected chi connectivity index (χ2v) is 11.9. The summed E-state index contributed by atoms with van der Waals surface area (Å²) < 4.78 is 24.7. The third kappa shape index (κ3) is 8.12. The fraction of sp³-hybridized carbons (Fsp3) is 0.433. The number of piperazine rings is 1. The molecule has 3 aromatic rings. The fourth-order valence-corrected chi connectivity index (χ4v) is 4.30. The van der Waals surface area contributed by atoms with Gasteiger partial charge in [0.05, 0.1) is 22.9 Å². The Bertz CT molecular complexity index is 1460. The van der Waals surface area contributed by atoms with Crippen LogP contribution in [-0.4, -0.2) is 70.2 Å². The molecule has 0 saturated carbocycles. The molecule has 1 fully saturated rings. The molecular formula is C30H36FN5O5. The number of carbonyl (C=O) groups is 3. The first kappa shape index (κ1) is 29.7. The van der Waals surface area contributed by atoms with E-state index in [1.807, 2.05) is 39.0 Å². The van der Waals surface area contributed by atoms with E-state index in [9.17, 15) is 18.8 Å². The number of aromatic nitrogens is 2. The zero-order valence-corrected chi connectivity index (χ0v) is 24.3. The second kappa shape index (κ2) is 11.7. The molecule has 1 N–H and O–H groups in total. The maximum atomic E-state index is 13.9. The van der Waals surface area contributed by atoms with Crippen molar-refractivity contribution in [1.29, 1.82) is 0 Å². The second-order valence-electron chi connectivity index (χ2n) is 11.9. The molecule has 1 aliphatic rings. The van der Waals surface area contributed by atoms with Crippen molar-refractivity contribution in [2.45, 2.75) is 59.2 Å². The van der Waals surface area contributed by atoms with Gasteiger partial charge in [-0.3, -0.25) is 15.1 Å². The zero-order valence-electron chi connectivity index (χ0n) is 24.3. The molecule has 0 unspecified atom stereocenters.